The molecule has 0 bridgehead atoms. The molecule has 1 fully saturated rings. The van der Waals surface area contributed by atoms with Gasteiger partial charge in [-0.25, -0.2) is 0 Å². The van der Waals surface area contributed by atoms with Crippen LogP contribution >= 0.6 is 0 Å². The molecule has 0 aromatic heterocycles. The molecule has 3 nitrogen and oxygen atoms in total. The van der Waals surface area contributed by atoms with Gasteiger partial charge in [-0.3, -0.25) is 4.79 Å². The van der Waals surface area contributed by atoms with Gasteiger partial charge in [0, 0.05) is 13.0 Å². The summed E-state index contributed by atoms with van der Waals surface area (Å²) in [6, 6.07) is 0. The summed E-state index contributed by atoms with van der Waals surface area (Å²) < 4.78 is 10.5. The Labute approximate surface area is 85.8 Å². The van der Waals surface area contributed by atoms with Crippen LogP contribution in [-0.2, 0) is 14.3 Å². The average molecular weight is 200 g/mol. The Bertz CT molecular complexity index is 171. The molecular formula is C11H20O3. The zero-order valence-electron chi connectivity index (χ0n) is 9.12. The average Bonchev–Trinajstić information content (AvgIpc) is 2.63. The molecule has 0 radical (unpaired) electrons. The van der Waals surface area contributed by atoms with Gasteiger partial charge in [0.05, 0.1) is 6.10 Å². The molecule has 82 valence electrons. The molecule has 0 aliphatic carbocycles. The van der Waals surface area contributed by atoms with E-state index < -0.39 is 0 Å². The van der Waals surface area contributed by atoms with Gasteiger partial charge in [-0.05, 0) is 25.2 Å². The predicted octanol–water partition coefficient (Wildman–Crippen LogP) is 2.14. The van der Waals surface area contributed by atoms with Crippen molar-refractivity contribution >= 4 is 5.97 Å². The number of rotatable bonds is 5. The summed E-state index contributed by atoms with van der Waals surface area (Å²) in [5.74, 6) is 0.472. The van der Waals surface area contributed by atoms with Gasteiger partial charge in [-0.2, -0.15) is 0 Å². The lowest BCUT2D eigenvalue weighted by atomic mass is 10.1. The smallest absolute Gasteiger partial charge is 0.305 e. The Morgan fingerprint density at radius 2 is 2.36 bits per heavy atom. The second kappa shape index (κ2) is 6.02. The van der Waals surface area contributed by atoms with E-state index in [9.17, 15) is 4.79 Å². The Hall–Kier alpha value is -0.570. The van der Waals surface area contributed by atoms with E-state index in [-0.39, 0.29) is 12.1 Å². The maximum Gasteiger partial charge on any atom is 0.305 e. The summed E-state index contributed by atoms with van der Waals surface area (Å²) >= 11 is 0. The van der Waals surface area contributed by atoms with Gasteiger partial charge < -0.3 is 9.47 Å². The molecule has 0 aromatic rings. The quantitative estimate of drug-likeness (QED) is 0.638. The van der Waals surface area contributed by atoms with Crippen LogP contribution < -0.4 is 0 Å². The standard InChI is InChI=1S/C11H20O3/c1-9(2)5-6-11(12)14-8-10-4-3-7-13-10/h9-10H,3-8H2,1-2H3. The number of esters is 1. The summed E-state index contributed by atoms with van der Waals surface area (Å²) in [5.41, 5.74) is 0. The van der Waals surface area contributed by atoms with E-state index in [2.05, 4.69) is 13.8 Å². The molecule has 1 aliphatic rings. The first-order valence-electron chi connectivity index (χ1n) is 5.45. The molecule has 1 unspecified atom stereocenters. The van der Waals surface area contributed by atoms with E-state index in [1.54, 1.807) is 0 Å². The van der Waals surface area contributed by atoms with Crippen molar-refractivity contribution in [3.8, 4) is 0 Å². The Balaban J connectivity index is 2.02. The first kappa shape index (κ1) is 11.5. The van der Waals surface area contributed by atoms with Crippen LogP contribution in [0.1, 0.15) is 39.5 Å². The van der Waals surface area contributed by atoms with Crippen molar-refractivity contribution in [2.75, 3.05) is 13.2 Å². The van der Waals surface area contributed by atoms with Crippen molar-refractivity contribution in [1.82, 2.24) is 0 Å². The topological polar surface area (TPSA) is 35.5 Å². The minimum absolute atomic E-state index is 0.0887. The molecule has 0 spiro atoms. The molecule has 0 aromatic carbocycles. The van der Waals surface area contributed by atoms with E-state index in [1.165, 1.54) is 0 Å². The summed E-state index contributed by atoms with van der Waals surface area (Å²) in [6.07, 6.45) is 3.71. The molecule has 0 saturated carbocycles. The Morgan fingerprint density at radius 1 is 1.57 bits per heavy atom. The predicted molar refractivity (Wildman–Crippen MR) is 54.0 cm³/mol. The van der Waals surface area contributed by atoms with Gasteiger partial charge >= 0.3 is 5.97 Å². The monoisotopic (exact) mass is 200 g/mol. The Morgan fingerprint density at radius 3 is 2.93 bits per heavy atom. The maximum atomic E-state index is 11.2. The van der Waals surface area contributed by atoms with Crippen molar-refractivity contribution in [2.45, 2.75) is 45.6 Å². The first-order valence-corrected chi connectivity index (χ1v) is 5.45. The third-order valence-corrected chi connectivity index (χ3v) is 2.38. The number of ether oxygens (including phenoxy) is 2. The summed E-state index contributed by atoms with van der Waals surface area (Å²) in [7, 11) is 0. The van der Waals surface area contributed by atoms with Crippen molar-refractivity contribution < 1.29 is 14.3 Å². The highest BCUT2D eigenvalue weighted by molar-refractivity contribution is 5.69. The van der Waals surface area contributed by atoms with Gasteiger partial charge in [0.1, 0.15) is 6.61 Å². The number of hydrogen-bond acceptors (Lipinski definition) is 3. The minimum Gasteiger partial charge on any atom is -0.463 e. The van der Waals surface area contributed by atoms with Crippen molar-refractivity contribution in [2.24, 2.45) is 5.92 Å². The lowest BCUT2D eigenvalue weighted by Crippen LogP contribution is -2.17. The van der Waals surface area contributed by atoms with Crippen LogP contribution in [0.25, 0.3) is 0 Å². The van der Waals surface area contributed by atoms with Crippen LogP contribution in [-0.4, -0.2) is 25.3 Å². The van der Waals surface area contributed by atoms with Crippen LogP contribution in [0.3, 0.4) is 0 Å². The summed E-state index contributed by atoms with van der Waals surface area (Å²) in [4.78, 5) is 11.2. The molecule has 14 heavy (non-hydrogen) atoms. The molecule has 1 atom stereocenters. The second-order valence-electron chi connectivity index (χ2n) is 4.25. The fraction of sp³-hybridized carbons (Fsp3) is 0.909. The summed E-state index contributed by atoms with van der Waals surface area (Å²) in [5, 5.41) is 0. The molecule has 1 heterocycles. The lowest BCUT2D eigenvalue weighted by molar-refractivity contribution is -0.147. The van der Waals surface area contributed by atoms with E-state index >= 15 is 0 Å². The molecule has 0 N–H and O–H groups in total. The van der Waals surface area contributed by atoms with Gasteiger partial charge in [0.25, 0.3) is 0 Å². The Kier molecular flexibility index (Phi) is 4.94. The third-order valence-electron chi connectivity index (χ3n) is 2.38. The second-order valence-corrected chi connectivity index (χ2v) is 4.25. The number of hydrogen-bond donors (Lipinski definition) is 0. The maximum absolute atomic E-state index is 11.2. The molecular weight excluding hydrogens is 180 g/mol. The molecule has 1 aliphatic heterocycles. The van der Waals surface area contributed by atoms with Gasteiger partial charge in [-0.1, -0.05) is 13.8 Å². The van der Waals surface area contributed by atoms with E-state index in [0.29, 0.717) is 18.9 Å². The van der Waals surface area contributed by atoms with Crippen molar-refractivity contribution in [3.63, 3.8) is 0 Å². The van der Waals surface area contributed by atoms with E-state index in [4.69, 9.17) is 9.47 Å². The molecule has 1 saturated heterocycles. The highest BCUT2D eigenvalue weighted by Crippen LogP contribution is 2.12. The van der Waals surface area contributed by atoms with Crippen molar-refractivity contribution in [3.05, 3.63) is 0 Å². The van der Waals surface area contributed by atoms with Crippen molar-refractivity contribution in [1.29, 1.82) is 0 Å². The fourth-order valence-electron chi connectivity index (χ4n) is 1.44. The van der Waals surface area contributed by atoms with Crippen LogP contribution in [0.5, 0.6) is 0 Å². The van der Waals surface area contributed by atoms with Crippen LogP contribution in [0.15, 0.2) is 0 Å². The van der Waals surface area contributed by atoms with E-state index in [1.807, 2.05) is 0 Å². The van der Waals surface area contributed by atoms with Crippen LogP contribution in [0.2, 0.25) is 0 Å². The van der Waals surface area contributed by atoms with Gasteiger partial charge in [0.2, 0.25) is 0 Å². The van der Waals surface area contributed by atoms with Gasteiger partial charge in [0.15, 0.2) is 0 Å². The minimum atomic E-state index is -0.0887. The highest BCUT2D eigenvalue weighted by atomic mass is 16.6. The zero-order valence-corrected chi connectivity index (χ0v) is 9.12. The number of carbonyl (C=O) groups excluding carboxylic acids is 1. The SMILES string of the molecule is CC(C)CCC(=O)OCC1CCCO1. The normalized spacial score (nSPS) is 21.5. The van der Waals surface area contributed by atoms with Gasteiger partial charge in [-0.15, -0.1) is 0 Å². The highest BCUT2D eigenvalue weighted by Gasteiger charge is 2.17. The van der Waals surface area contributed by atoms with E-state index in [0.717, 1.165) is 25.9 Å². The van der Waals surface area contributed by atoms with Crippen LogP contribution in [0, 0.1) is 5.92 Å². The zero-order chi connectivity index (χ0) is 10.4. The first-order chi connectivity index (χ1) is 6.68. The molecule has 0 amide bonds. The molecule has 3 heteroatoms. The van der Waals surface area contributed by atoms with Crippen LogP contribution in [0.4, 0.5) is 0 Å². The summed E-state index contributed by atoms with van der Waals surface area (Å²) in [6.45, 7) is 5.46. The lowest BCUT2D eigenvalue weighted by Gasteiger charge is -2.10. The molecule has 1 rings (SSSR count). The number of carbonyl (C=O) groups is 1. The third kappa shape index (κ3) is 4.61. The largest absolute Gasteiger partial charge is 0.463 e. The fourth-order valence-corrected chi connectivity index (χ4v) is 1.44.